The first kappa shape index (κ1) is 20.6. The number of azide groups is 1. The van der Waals surface area contributed by atoms with Crippen molar-refractivity contribution in [2.45, 2.75) is 43.9 Å². The minimum absolute atomic E-state index is 0.140. The highest BCUT2D eigenvalue weighted by atomic mass is 16.6. The van der Waals surface area contributed by atoms with Crippen LogP contribution < -0.4 is 0 Å². The molecule has 2 aromatic carbocycles. The maximum Gasteiger partial charge on any atom is 0.324 e. The Morgan fingerprint density at radius 2 is 1.81 bits per heavy atom. The van der Waals surface area contributed by atoms with Gasteiger partial charge in [-0.3, -0.25) is 9.69 Å². The summed E-state index contributed by atoms with van der Waals surface area (Å²) in [4.78, 5) is 18.4. The number of rotatable bonds is 5. The molecule has 4 atom stereocenters. The molecule has 2 aliphatic heterocycles. The van der Waals surface area contributed by atoms with Crippen molar-refractivity contribution in [1.29, 1.82) is 0 Å². The van der Waals surface area contributed by atoms with Crippen LogP contribution in [0.1, 0.15) is 24.0 Å². The number of hydrogen-bond acceptors (Lipinski definition) is 4. The molecule has 3 aliphatic rings. The quantitative estimate of drug-likeness (QED) is 0.214. The molecule has 0 bridgehead atoms. The molecule has 162 valence electrons. The third-order valence-corrected chi connectivity index (χ3v) is 6.75. The number of ether oxygens (including phenoxy) is 1. The summed E-state index contributed by atoms with van der Waals surface area (Å²) in [5.74, 6) is 0.136. The zero-order valence-electron chi connectivity index (χ0n) is 17.9. The van der Waals surface area contributed by atoms with Gasteiger partial charge in [-0.2, -0.15) is 0 Å². The number of benzene rings is 2. The topological polar surface area (TPSA) is 78.3 Å². The van der Waals surface area contributed by atoms with E-state index < -0.39 is 0 Å². The highest BCUT2D eigenvalue weighted by Gasteiger charge is 2.51. The van der Waals surface area contributed by atoms with E-state index in [0.29, 0.717) is 12.1 Å². The van der Waals surface area contributed by atoms with E-state index in [9.17, 15) is 4.79 Å². The second-order valence-corrected chi connectivity index (χ2v) is 8.71. The molecule has 0 spiro atoms. The molecule has 0 saturated carbocycles. The van der Waals surface area contributed by atoms with Crippen molar-refractivity contribution in [3.05, 3.63) is 100.0 Å². The van der Waals surface area contributed by atoms with E-state index in [0.717, 1.165) is 31.4 Å². The molecule has 2 fully saturated rings. The number of esters is 1. The highest BCUT2D eigenvalue weighted by Crippen LogP contribution is 2.41. The van der Waals surface area contributed by atoms with Gasteiger partial charge in [-0.25, -0.2) is 0 Å². The normalized spacial score (nSPS) is 26.9. The number of carbonyl (C=O) groups is 1. The SMILES string of the molecule is [N-]=[N+]=Nc1ccc(C[C@H]2C(=O)O[C@@H](Cc3ccccc3)[C@H]3[C@@H]4C=CCCC=C4CN32)cc1. The first-order chi connectivity index (χ1) is 15.7. The average molecular weight is 427 g/mol. The smallest absolute Gasteiger partial charge is 0.324 e. The van der Waals surface area contributed by atoms with Gasteiger partial charge in [0.2, 0.25) is 0 Å². The number of fused-ring (bicyclic) bond motifs is 3. The van der Waals surface area contributed by atoms with Crippen LogP contribution >= 0.6 is 0 Å². The van der Waals surface area contributed by atoms with Gasteiger partial charge in [0.1, 0.15) is 12.1 Å². The first-order valence-electron chi connectivity index (χ1n) is 11.2. The van der Waals surface area contributed by atoms with Crippen molar-refractivity contribution >= 4 is 11.7 Å². The third kappa shape index (κ3) is 4.07. The number of nitrogens with zero attached hydrogens (tertiary/aromatic N) is 4. The summed E-state index contributed by atoms with van der Waals surface area (Å²) in [7, 11) is 0. The zero-order chi connectivity index (χ0) is 21.9. The Morgan fingerprint density at radius 1 is 1.03 bits per heavy atom. The minimum atomic E-state index is -0.321. The van der Waals surface area contributed by atoms with Gasteiger partial charge in [-0.15, -0.1) is 0 Å². The molecule has 5 rings (SSSR count). The summed E-state index contributed by atoms with van der Waals surface area (Å²) in [5.41, 5.74) is 12.8. The Balaban J connectivity index is 1.44. The van der Waals surface area contributed by atoms with Crippen LogP contribution in [-0.2, 0) is 22.4 Å². The molecule has 32 heavy (non-hydrogen) atoms. The Morgan fingerprint density at radius 3 is 2.59 bits per heavy atom. The van der Waals surface area contributed by atoms with Crippen LogP contribution in [0.4, 0.5) is 5.69 Å². The maximum atomic E-state index is 13.2. The van der Waals surface area contributed by atoms with Crippen molar-refractivity contribution in [2.24, 2.45) is 11.0 Å². The van der Waals surface area contributed by atoms with Crippen LogP contribution in [0.2, 0.25) is 0 Å². The largest absolute Gasteiger partial charge is 0.459 e. The second kappa shape index (κ2) is 9.03. The standard InChI is InChI=1S/C26H26N4O2/c27-29-28-21-13-11-19(12-14-21)15-23-26(31)32-24(16-18-7-3-1-4-8-18)25-22-10-6-2-5-9-20(22)17-30(23)25/h1,3-4,6-14,22-25H,2,5,15-17H2/t22-,23+,24+,25-/m1/s1. The lowest BCUT2D eigenvalue weighted by Gasteiger charge is -2.42. The molecule has 0 aromatic heterocycles. The predicted molar refractivity (Wildman–Crippen MR) is 123 cm³/mol. The van der Waals surface area contributed by atoms with Crippen LogP contribution in [0.15, 0.2) is 83.5 Å². The van der Waals surface area contributed by atoms with Gasteiger partial charge in [0.25, 0.3) is 0 Å². The molecule has 2 aromatic rings. The minimum Gasteiger partial charge on any atom is -0.459 e. The summed E-state index contributed by atoms with van der Waals surface area (Å²) in [6.45, 7) is 0.807. The second-order valence-electron chi connectivity index (χ2n) is 8.71. The highest BCUT2D eigenvalue weighted by molar-refractivity contribution is 5.78. The van der Waals surface area contributed by atoms with Crippen LogP contribution in [0.3, 0.4) is 0 Å². The number of morpholine rings is 1. The number of carbonyl (C=O) groups excluding carboxylic acids is 1. The first-order valence-corrected chi connectivity index (χ1v) is 11.2. The van der Waals surface area contributed by atoms with Crippen LogP contribution in [0, 0.1) is 5.92 Å². The van der Waals surface area contributed by atoms with Gasteiger partial charge < -0.3 is 4.74 Å². The maximum absolute atomic E-state index is 13.2. The van der Waals surface area contributed by atoms with Gasteiger partial charge in [-0.05, 0) is 35.9 Å². The van der Waals surface area contributed by atoms with E-state index >= 15 is 0 Å². The van der Waals surface area contributed by atoms with Crippen molar-refractivity contribution in [3.63, 3.8) is 0 Å². The summed E-state index contributed by atoms with van der Waals surface area (Å²) < 4.78 is 6.13. The summed E-state index contributed by atoms with van der Waals surface area (Å²) in [6, 6.07) is 17.5. The molecule has 6 heteroatoms. The molecular formula is C26H26N4O2. The number of cyclic esters (lactones) is 1. The van der Waals surface area contributed by atoms with E-state index in [2.05, 4.69) is 45.3 Å². The Kier molecular flexibility index (Phi) is 5.80. The van der Waals surface area contributed by atoms with Crippen molar-refractivity contribution < 1.29 is 9.53 Å². The van der Waals surface area contributed by atoms with E-state index in [1.54, 1.807) is 12.1 Å². The molecule has 0 unspecified atom stereocenters. The van der Waals surface area contributed by atoms with Crippen molar-refractivity contribution in [2.75, 3.05) is 6.54 Å². The predicted octanol–water partition coefficient (Wildman–Crippen LogP) is 5.28. The molecular weight excluding hydrogens is 400 g/mol. The van der Waals surface area contributed by atoms with Crippen LogP contribution in [0.5, 0.6) is 0 Å². The molecule has 1 aliphatic carbocycles. The van der Waals surface area contributed by atoms with Gasteiger partial charge >= 0.3 is 5.97 Å². The fraction of sp³-hybridized carbons (Fsp3) is 0.346. The molecule has 6 nitrogen and oxygen atoms in total. The van der Waals surface area contributed by atoms with E-state index in [-0.39, 0.29) is 30.1 Å². The lowest BCUT2D eigenvalue weighted by molar-refractivity contribution is -0.172. The average Bonchev–Trinajstić information content (AvgIpc) is 3.01. The van der Waals surface area contributed by atoms with Crippen LogP contribution in [-0.4, -0.2) is 35.6 Å². The lowest BCUT2D eigenvalue weighted by atomic mass is 9.87. The van der Waals surface area contributed by atoms with Gasteiger partial charge in [0.05, 0.1) is 6.04 Å². The molecule has 0 radical (unpaired) electrons. The number of hydrogen-bond donors (Lipinski definition) is 0. The van der Waals surface area contributed by atoms with Gasteiger partial charge in [0.15, 0.2) is 0 Å². The Bertz CT molecular complexity index is 1090. The van der Waals surface area contributed by atoms with E-state index in [4.69, 9.17) is 10.3 Å². The summed E-state index contributed by atoms with van der Waals surface area (Å²) in [5, 5.41) is 3.63. The van der Waals surface area contributed by atoms with E-state index in [1.807, 2.05) is 30.3 Å². The molecule has 0 N–H and O–H groups in total. The van der Waals surface area contributed by atoms with Crippen molar-refractivity contribution in [1.82, 2.24) is 4.90 Å². The Labute approximate surface area is 187 Å². The molecule has 2 heterocycles. The summed E-state index contributed by atoms with van der Waals surface area (Å²) >= 11 is 0. The zero-order valence-corrected chi connectivity index (χ0v) is 17.9. The summed E-state index contributed by atoms with van der Waals surface area (Å²) in [6.07, 6.45) is 10.2. The third-order valence-electron chi connectivity index (χ3n) is 6.75. The van der Waals surface area contributed by atoms with Gasteiger partial charge in [-0.1, -0.05) is 83.5 Å². The molecule has 0 amide bonds. The van der Waals surface area contributed by atoms with Gasteiger partial charge in [0, 0.05) is 29.5 Å². The molecule has 2 saturated heterocycles. The number of allylic oxidation sites excluding steroid dienone is 2. The fourth-order valence-corrected chi connectivity index (χ4v) is 5.27. The Hall–Kier alpha value is -3.34. The van der Waals surface area contributed by atoms with E-state index in [1.165, 1.54) is 11.1 Å². The fourth-order valence-electron chi connectivity index (χ4n) is 5.27. The monoisotopic (exact) mass is 426 g/mol. The van der Waals surface area contributed by atoms with Crippen molar-refractivity contribution in [3.8, 4) is 0 Å². The lowest BCUT2D eigenvalue weighted by Crippen LogP contribution is -2.59. The van der Waals surface area contributed by atoms with Crippen LogP contribution in [0.25, 0.3) is 10.4 Å².